The third kappa shape index (κ3) is 5.39. The van der Waals surface area contributed by atoms with Gasteiger partial charge in [0.2, 0.25) is 5.91 Å². The molecule has 4 rings (SSSR count). The molecule has 27 heavy (non-hydrogen) atoms. The fraction of sp³-hybridized carbons (Fsp3) is 0.750. The summed E-state index contributed by atoms with van der Waals surface area (Å²) in [6, 6.07) is 3.85. The Morgan fingerprint density at radius 2 is 1.89 bits per heavy atom. The molecule has 7 heteroatoms. The fourth-order valence-corrected chi connectivity index (χ4v) is 4.02. The quantitative estimate of drug-likeness (QED) is 0.782. The molecule has 1 amide bonds. The number of morpholine rings is 1. The highest BCUT2D eigenvalue weighted by Crippen LogP contribution is 2.31. The number of aromatic nitrogens is 2. The van der Waals surface area contributed by atoms with Crippen LogP contribution < -0.4 is 5.32 Å². The van der Waals surface area contributed by atoms with Gasteiger partial charge in [-0.3, -0.25) is 4.79 Å². The highest BCUT2D eigenvalue weighted by Gasteiger charge is 2.31. The first-order chi connectivity index (χ1) is 13.2. The molecule has 1 unspecified atom stereocenters. The average Bonchev–Trinajstić information content (AvgIpc) is 3.49. The summed E-state index contributed by atoms with van der Waals surface area (Å²) in [5.74, 6) is 2.46. The van der Waals surface area contributed by atoms with Gasteiger partial charge in [-0.2, -0.15) is 5.10 Å². The van der Waals surface area contributed by atoms with Crippen LogP contribution in [0, 0.1) is 18.8 Å². The third-order valence-corrected chi connectivity index (χ3v) is 5.93. The van der Waals surface area contributed by atoms with Crippen LogP contribution in [0.3, 0.4) is 0 Å². The predicted molar refractivity (Wildman–Crippen MR) is 103 cm³/mol. The molecule has 148 valence electrons. The summed E-state index contributed by atoms with van der Waals surface area (Å²) in [6.45, 7) is 7.95. The normalized spacial score (nSPS) is 25.0. The van der Waals surface area contributed by atoms with Crippen molar-refractivity contribution in [3.05, 3.63) is 17.8 Å². The highest BCUT2D eigenvalue weighted by atomic mass is 16.5. The Hall–Kier alpha value is -1.73. The second-order valence-corrected chi connectivity index (χ2v) is 8.36. The Kier molecular flexibility index (Phi) is 5.88. The summed E-state index contributed by atoms with van der Waals surface area (Å²) in [7, 11) is 0. The lowest BCUT2D eigenvalue weighted by molar-refractivity contribution is -0.149. The number of nitrogens with one attached hydrogen (secondary N) is 1. The van der Waals surface area contributed by atoms with Crippen LogP contribution in [-0.4, -0.2) is 77.9 Å². The lowest BCUT2D eigenvalue weighted by Crippen LogP contribution is -2.51. The number of aryl methyl sites for hydroxylation is 1. The van der Waals surface area contributed by atoms with E-state index in [-0.39, 0.29) is 18.6 Å². The molecule has 3 fully saturated rings. The molecular weight excluding hydrogens is 342 g/mol. The van der Waals surface area contributed by atoms with Crippen LogP contribution in [0.5, 0.6) is 0 Å². The number of anilines is 1. The van der Waals surface area contributed by atoms with Crippen LogP contribution in [0.1, 0.15) is 31.4 Å². The summed E-state index contributed by atoms with van der Waals surface area (Å²) in [6.07, 6.45) is 5.26. The van der Waals surface area contributed by atoms with Crippen molar-refractivity contribution in [2.24, 2.45) is 11.8 Å². The number of amides is 1. The highest BCUT2D eigenvalue weighted by molar-refractivity contribution is 5.78. The van der Waals surface area contributed by atoms with E-state index in [0.717, 1.165) is 24.0 Å². The number of hydrogen-bond acceptors (Lipinski definition) is 6. The molecule has 2 saturated heterocycles. The number of carbonyl (C=O) groups excluding carboxylic acids is 1. The summed E-state index contributed by atoms with van der Waals surface area (Å²) < 4.78 is 5.71. The van der Waals surface area contributed by atoms with Crippen LogP contribution >= 0.6 is 0 Å². The van der Waals surface area contributed by atoms with Crippen molar-refractivity contribution < 1.29 is 9.53 Å². The Morgan fingerprint density at radius 1 is 1.11 bits per heavy atom. The summed E-state index contributed by atoms with van der Waals surface area (Å²) >= 11 is 0. The number of piperidine rings is 1. The Balaban J connectivity index is 1.21. The number of rotatable bonds is 7. The van der Waals surface area contributed by atoms with Gasteiger partial charge in [-0.1, -0.05) is 0 Å². The van der Waals surface area contributed by atoms with E-state index < -0.39 is 0 Å². The van der Waals surface area contributed by atoms with Crippen LogP contribution in [-0.2, 0) is 9.53 Å². The average molecular weight is 374 g/mol. The SMILES string of the molecule is Cc1ccc(NCC2CN(CC3CCN(CC4CC4)CC3)C(=O)CO2)nn1. The number of ether oxygens (including phenoxy) is 1. The number of hydrogen-bond donors (Lipinski definition) is 1. The van der Waals surface area contributed by atoms with E-state index in [0.29, 0.717) is 19.0 Å². The Labute approximate surface area is 161 Å². The van der Waals surface area contributed by atoms with Crippen LogP contribution in [0.25, 0.3) is 0 Å². The van der Waals surface area contributed by atoms with E-state index in [1.807, 2.05) is 24.0 Å². The maximum Gasteiger partial charge on any atom is 0.248 e. The van der Waals surface area contributed by atoms with Crippen LogP contribution in [0.2, 0.25) is 0 Å². The maximum atomic E-state index is 12.3. The minimum Gasteiger partial charge on any atom is -0.366 e. The fourth-order valence-electron chi connectivity index (χ4n) is 4.02. The second kappa shape index (κ2) is 8.52. The van der Waals surface area contributed by atoms with Gasteiger partial charge in [-0.25, -0.2) is 0 Å². The van der Waals surface area contributed by atoms with E-state index in [4.69, 9.17) is 4.74 Å². The van der Waals surface area contributed by atoms with Gasteiger partial charge in [0.05, 0.1) is 11.8 Å². The molecule has 1 N–H and O–H groups in total. The van der Waals surface area contributed by atoms with Gasteiger partial charge in [-0.15, -0.1) is 5.10 Å². The van der Waals surface area contributed by atoms with E-state index in [9.17, 15) is 4.79 Å². The molecule has 1 aromatic heterocycles. The van der Waals surface area contributed by atoms with Crippen molar-refractivity contribution in [1.29, 1.82) is 0 Å². The smallest absolute Gasteiger partial charge is 0.248 e. The van der Waals surface area contributed by atoms with Gasteiger partial charge >= 0.3 is 0 Å². The van der Waals surface area contributed by atoms with E-state index in [1.165, 1.54) is 45.3 Å². The number of likely N-dealkylation sites (tertiary alicyclic amines) is 1. The lowest BCUT2D eigenvalue weighted by Gasteiger charge is -2.38. The third-order valence-electron chi connectivity index (χ3n) is 5.93. The van der Waals surface area contributed by atoms with Gasteiger partial charge in [0, 0.05) is 26.2 Å². The summed E-state index contributed by atoms with van der Waals surface area (Å²) in [5, 5.41) is 11.4. The van der Waals surface area contributed by atoms with Crippen molar-refractivity contribution in [2.75, 3.05) is 51.2 Å². The predicted octanol–water partition coefficient (Wildman–Crippen LogP) is 1.55. The van der Waals surface area contributed by atoms with Crippen LogP contribution in [0.4, 0.5) is 5.82 Å². The minimum absolute atomic E-state index is 0.000702. The number of nitrogens with zero attached hydrogens (tertiary/aromatic N) is 4. The molecule has 0 spiro atoms. The molecule has 7 nitrogen and oxygen atoms in total. The summed E-state index contributed by atoms with van der Waals surface area (Å²) in [4.78, 5) is 16.9. The van der Waals surface area contributed by atoms with Crippen molar-refractivity contribution in [2.45, 2.75) is 38.7 Å². The first-order valence-corrected chi connectivity index (χ1v) is 10.3. The molecule has 1 aliphatic carbocycles. The molecule has 3 aliphatic rings. The largest absolute Gasteiger partial charge is 0.366 e. The lowest BCUT2D eigenvalue weighted by atomic mass is 9.95. The molecule has 3 heterocycles. The van der Waals surface area contributed by atoms with Crippen molar-refractivity contribution in [3.63, 3.8) is 0 Å². The van der Waals surface area contributed by atoms with Crippen molar-refractivity contribution in [1.82, 2.24) is 20.0 Å². The summed E-state index contributed by atoms with van der Waals surface area (Å²) in [5.41, 5.74) is 0.898. The van der Waals surface area contributed by atoms with E-state index in [2.05, 4.69) is 20.4 Å². The molecule has 0 aromatic carbocycles. The molecule has 0 bridgehead atoms. The van der Waals surface area contributed by atoms with Gasteiger partial charge in [0.15, 0.2) is 0 Å². The Morgan fingerprint density at radius 3 is 2.59 bits per heavy atom. The van der Waals surface area contributed by atoms with Crippen molar-refractivity contribution >= 4 is 11.7 Å². The molecular formula is C20H31N5O2. The first-order valence-electron chi connectivity index (χ1n) is 10.3. The maximum absolute atomic E-state index is 12.3. The van der Waals surface area contributed by atoms with Crippen LogP contribution in [0.15, 0.2) is 12.1 Å². The standard InChI is InChI=1S/C20H31N5O2/c1-15-2-5-19(23-22-15)21-10-18-13-25(20(26)14-27-18)12-17-6-8-24(9-7-17)11-16-3-4-16/h2,5,16-18H,3-4,6-14H2,1H3,(H,21,23). The first kappa shape index (κ1) is 18.6. The van der Waals surface area contributed by atoms with E-state index in [1.54, 1.807) is 0 Å². The van der Waals surface area contributed by atoms with Gasteiger partial charge in [-0.05, 0) is 69.7 Å². The zero-order chi connectivity index (χ0) is 18.6. The molecule has 0 radical (unpaired) electrons. The number of carbonyl (C=O) groups is 1. The second-order valence-electron chi connectivity index (χ2n) is 8.36. The molecule has 1 aromatic rings. The monoisotopic (exact) mass is 373 g/mol. The minimum atomic E-state index is 0.000702. The zero-order valence-electron chi connectivity index (χ0n) is 16.3. The molecule has 1 atom stereocenters. The Bertz CT molecular complexity index is 626. The van der Waals surface area contributed by atoms with Gasteiger partial charge in [0.1, 0.15) is 12.4 Å². The van der Waals surface area contributed by atoms with E-state index >= 15 is 0 Å². The van der Waals surface area contributed by atoms with Gasteiger partial charge in [0.25, 0.3) is 0 Å². The van der Waals surface area contributed by atoms with Crippen molar-refractivity contribution in [3.8, 4) is 0 Å². The molecule has 1 saturated carbocycles. The van der Waals surface area contributed by atoms with Gasteiger partial charge < -0.3 is 19.9 Å². The zero-order valence-corrected chi connectivity index (χ0v) is 16.3. The topological polar surface area (TPSA) is 70.6 Å². The molecule has 2 aliphatic heterocycles.